The third kappa shape index (κ3) is 10.5. The number of rotatable bonds is 11. The molecular formula is C27H40O3. The Kier molecular flexibility index (Phi) is 10.7. The Balaban J connectivity index is 2.49. The second kappa shape index (κ2) is 12.4. The van der Waals surface area contributed by atoms with E-state index in [1.807, 2.05) is 0 Å². The molecule has 3 N–H and O–H groups in total. The van der Waals surface area contributed by atoms with Gasteiger partial charge in [-0.3, -0.25) is 0 Å². The fraction of sp³-hybridized carbons (Fsp3) is 0.481. The summed E-state index contributed by atoms with van der Waals surface area (Å²) in [6, 6.07) is 3.03. The van der Waals surface area contributed by atoms with Crippen molar-refractivity contribution in [3.05, 3.63) is 64.3 Å². The summed E-state index contributed by atoms with van der Waals surface area (Å²) < 4.78 is 0. The predicted molar refractivity (Wildman–Crippen MR) is 129 cm³/mol. The van der Waals surface area contributed by atoms with Crippen molar-refractivity contribution in [2.24, 2.45) is 0 Å². The summed E-state index contributed by atoms with van der Waals surface area (Å²) in [5.41, 5.74) is 4.29. The van der Waals surface area contributed by atoms with Crippen LogP contribution in [0.5, 0.6) is 11.5 Å². The average molecular weight is 413 g/mol. The zero-order chi connectivity index (χ0) is 22.7. The molecule has 30 heavy (non-hydrogen) atoms. The van der Waals surface area contributed by atoms with Gasteiger partial charge in [0.25, 0.3) is 0 Å². The first-order valence-electron chi connectivity index (χ1n) is 10.9. The molecular weight excluding hydrogens is 372 g/mol. The number of aliphatic hydroxyl groups is 1. The molecule has 3 nitrogen and oxygen atoms in total. The molecule has 1 atom stereocenters. The Labute approximate surface area is 183 Å². The van der Waals surface area contributed by atoms with Crippen molar-refractivity contribution in [3.63, 3.8) is 0 Å². The van der Waals surface area contributed by atoms with Gasteiger partial charge >= 0.3 is 0 Å². The molecule has 0 saturated heterocycles. The van der Waals surface area contributed by atoms with Crippen LogP contribution in [0.25, 0.3) is 6.08 Å². The van der Waals surface area contributed by atoms with Crippen LogP contribution in [0.4, 0.5) is 0 Å². The third-order valence-corrected chi connectivity index (χ3v) is 5.23. The Morgan fingerprint density at radius 1 is 0.867 bits per heavy atom. The molecule has 0 spiro atoms. The van der Waals surface area contributed by atoms with Crippen LogP contribution >= 0.6 is 0 Å². The number of phenols is 2. The molecule has 0 aliphatic heterocycles. The first kappa shape index (κ1) is 25.8. The van der Waals surface area contributed by atoms with E-state index in [9.17, 15) is 15.3 Å². The third-order valence-electron chi connectivity index (χ3n) is 5.23. The van der Waals surface area contributed by atoms with E-state index in [-0.39, 0.29) is 11.5 Å². The van der Waals surface area contributed by atoms with E-state index in [0.29, 0.717) is 17.5 Å². The fourth-order valence-corrected chi connectivity index (χ4v) is 3.13. The molecule has 0 unspecified atom stereocenters. The maximum atomic E-state index is 10.6. The Morgan fingerprint density at radius 2 is 1.43 bits per heavy atom. The van der Waals surface area contributed by atoms with Crippen molar-refractivity contribution in [2.45, 2.75) is 85.7 Å². The van der Waals surface area contributed by atoms with Gasteiger partial charge in [-0.25, -0.2) is 0 Å². The van der Waals surface area contributed by atoms with Gasteiger partial charge in [0.15, 0.2) is 0 Å². The minimum atomic E-state index is -0.981. The van der Waals surface area contributed by atoms with E-state index in [4.69, 9.17) is 0 Å². The largest absolute Gasteiger partial charge is 0.508 e. The van der Waals surface area contributed by atoms with Crippen molar-refractivity contribution in [2.75, 3.05) is 0 Å². The number of aromatic hydroxyl groups is 2. The number of aryl methyl sites for hydroxylation is 1. The lowest BCUT2D eigenvalue weighted by molar-refractivity contribution is 0.104. The SMILES string of the molecule is CC(C)=CCC/C(C)=C/CC/C(C)=C/CC[C@](C)(O)/C=C\c1cc(O)c(C)cc1O. The van der Waals surface area contributed by atoms with Gasteiger partial charge in [0.1, 0.15) is 11.5 Å². The van der Waals surface area contributed by atoms with Crippen LogP contribution < -0.4 is 0 Å². The molecule has 3 heteroatoms. The van der Waals surface area contributed by atoms with E-state index >= 15 is 0 Å². The average Bonchev–Trinajstić information content (AvgIpc) is 2.63. The lowest BCUT2D eigenvalue weighted by Crippen LogP contribution is -2.19. The van der Waals surface area contributed by atoms with Gasteiger partial charge in [-0.15, -0.1) is 0 Å². The molecule has 1 aromatic rings. The van der Waals surface area contributed by atoms with Crippen LogP contribution in [0.15, 0.2) is 53.2 Å². The molecule has 0 bridgehead atoms. The highest BCUT2D eigenvalue weighted by Crippen LogP contribution is 2.28. The van der Waals surface area contributed by atoms with Crippen LogP contribution in [-0.2, 0) is 0 Å². The summed E-state index contributed by atoms with van der Waals surface area (Å²) >= 11 is 0. The van der Waals surface area contributed by atoms with Gasteiger partial charge in [0.2, 0.25) is 0 Å². The molecule has 0 saturated carbocycles. The van der Waals surface area contributed by atoms with Crippen molar-refractivity contribution >= 4 is 6.08 Å². The first-order chi connectivity index (χ1) is 14.0. The molecule has 1 rings (SSSR count). The highest BCUT2D eigenvalue weighted by Gasteiger charge is 2.15. The normalized spacial score (nSPS) is 14.8. The molecule has 0 radical (unpaired) electrons. The Hall–Kier alpha value is -2.26. The minimum absolute atomic E-state index is 0.0947. The summed E-state index contributed by atoms with van der Waals surface area (Å²) in [6.07, 6.45) is 15.9. The van der Waals surface area contributed by atoms with Crippen LogP contribution in [0.2, 0.25) is 0 Å². The van der Waals surface area contributed by atoms with E-state index < -0.39 is 5.60 Å². The number of benzene rings is 1. The number of allylic oxidation sites excluding steroid dienone is 6. The summed E-state index contributed by atoms with van der Waals surface area (Å²) in [5, 5.41) is 30.4. The highest BCUT2D eigenvalue weighted by atomic mass is 16.3. The number of hydrogen-bond acceptors (Lipinski definition) is 3. The van der Waals surface area contributed by atoms with Crippen LogP contribution in [0, 0.1) is 6.92 Å². The topological polar surface area (TPSA) is 60.7 Å². The van der Waals surface area contributed by atoms with E-state index in [1.165, 1.54) is 28.9 Å². The lowest BCUT2D eigenvalue weighted by Gasteiger charge is -2.18. The zero-order valence-electron chi connectivity index (χ0n) is 19.6. The van der Waals surface area contributed by atoms with Crippen molar-refractivity contribution in [1.29, 1.82) is 0 Å². The molecule has 0 amide bonds. The van der Waals surface area contributed by atoms with Crippen LogP contribution in [0.3, 0.4) is 0 Å². The second-order valence-corrected chi connectivity index (χ2v) is 8.89. The summed E-state index contributed by atoms with van der Waals surface area (Å²) in [7, 11) is 0. The second-order valence-electron chi connectivity index (χ2n) is 8.89. The van der Waals surface area contributed by atoms with Crippen molar-refractivity contribution < 1.29 is 15.3 Å². The van der Waals surface area contributed by atoms with Crippen molar-refractivity contribution in [3.8, 4) is 11.5 Å². The maximum absolute atomic E-state index is 10.6. The van der Waals surface area contributed by atoms with E-state index in [2.05, 4.69) is 45.9 Å². The lowest BCUT2D eigenvalue weighted by atomic mass is 9.96. The zero-order valence-corrected chi connectivity index (χ0v) is 19.6. The fourth-order valence-electron chi connectivity index (χ4n) is 3.13. The van der Waals surface area contributed by atoms with Gasteiger partial charge in [-0.2, -0.15) is 0 Å². The van der Waals surface area contributed by atoms with E-state index in [0.717, 1.165) is 32.1 Å². The highest BCUT2D eigenvalue weighted by molar-refractivity contribution is 5.61. The summed E-state index contributed by atoms with van der Waals surface area (Å²) in [6.45, 7) is 12.1. The van der Waals surface area contributed by atoms with E-state index in [1.54, 1.807) is 26.0 Å². The molecule has 0 aliphatic rings. The number of hydrogen-bond donors (Lipinski definition) is 3. The smallest absolute Gasteiger partial charge is 0.123 e. The standard InChI is InChI=1S/C27H40O3/c1-20(2)10-7-11-21(3)12-8-13-22(4)14-9-16-27(6,30)17-15-24-19-25(28)23(5)18-26(24)29/h10,12,14-15,17-19,28-30H,7-9,11,13,16H2,1-6H3/b17-15-,21-12+,22-14+/t27-/m0/s1. The predicted octanol–water partition coefficient (Wildman–Crippen LogP) is 7.37. The maximum Gasteiger partial charge on any atom is 0.123 e. The molecule has 0 aliphatic carbocycles. The van der Waals surface area contributed by atoms with Crippen LogP contribution in [-0.4, -0.2) is 20.9 Å². The molecule has 0 aromatic heterocycles. The minimum Gasteiger partial charge on any atom is -0.508 e. The molecule has 1 aromatic carbocycles. The van der Waals surface area contributed by atoms with Crippen LogP contribution in [0.1, 0.15) is 84.3 Å². The van der Waals surface area contributed by atoms with Crippen molar-refractivity contribution in [1.82, 2.24) is 0 Å². The summed E-state index contributed by atoms with van der Waals surface area (Å²) in [4.78, 5) is 0. The molecule has 0 heterocycles. The molecule has 0 fully saturated rings. The molecule has 166 valence electrons. The quantitative estimate of drug-likeness (QED) is 0.263. The first-order valence-corrected chi connectivity index (χ1v) is 10.9. The Morgan fingerprint density at radius 3 is 2.03 bits per heavy atom. The Bertz CT molecular complexity index is 804. The van der Waals surface area contributed by atoms with Gasteiger partial charge in [-0.05, 0) is 97.8 Å². The van der Waals surface area contributed by atoms with Gasteiger partial charge < -0.3 is 15.3 Å². The van der Waals surface area contributed by atoms with Gasteiger partial charge in [0, 0.05) is 5.56 Å². The monoisotopic (exact) mass is 412 g/mol. The van der Waals surface area contributed by atoms with Gasteiger partial charge in [-0.1, -0.05) is 47.1 Å². The number of phenolic OH excluding ortho intramolecular Hbond substituents is 2. The van der Waals surface area contributed by atoms with Gasteiger partial charge in [0.05, 0.1) is 5.60 Å². The summed E-state index contributed by atoms with van der Waals surface area (Å²) in [5.74, 6) is 0.226.